The van der Waals surface area contributed by atoms with Crippen molar-refractivity contribution in [1.82, 2.24) is 5.43 Å². The largest absolute Gasteiger partial charge is 0.494 e. The normalized spacial score (nSPS) is 10.8. The van der Waals surface area contributed by atoms with Gasteiger partial charge in [0.25, 0.3) is 5.91 Å². The number of ether oxygens (including phenoxy) is 2. The van der Waals surface area contributed by atoms with Crippen LogP contribution in [0.5, 0.6) is 11.5 Å². The monoisotopic (exact) mass is 500 g/mol. The first-order chi connectivity index (χ1) is 15.0. The molecule has 0 radical (unpaired) electrons. The summed E-state index contributed by atoms with van der Waals surface area (Å²) >= 11 is 9.41. The molecule has 7 heteroatoms. The molecule has 0 fully saturated rings. The second kappa shape index (κ2) is 11.5. The number of halogens is 2. The molecular formula is C24H22BrClN2O3. The highest BCUT2D eigenvalue weighted by molar-refractivity contribution is 9.10. The molecule has 0 aliphatic rings. The van der Waals surface area contributed by atoms with Gasteiger partial charge in [-0.2, -0.15) is 5.10 Å². The van der Waals surface area contributed by atoms with Crippen LogP contribution in [0.25, 0.3) is 0 Å². The van der Waals surface area contributed by atoms with Gasteiger partial charge in [-0.1, -0.05) is 30.7 Å². The van der Waals surface area contributed by atoms with Gasteiger partial charge in [-0.15, -0.1) is 0 Å². The summed E-state index contributed by atoms with van der Waals surface area (Å²) in [6.07, 6.45) is 2.51. The molecule has 0 aromatic heterocycles. The van der Waals surface area contributed by atoms with Gasteiger partial charge in [0.05, 0.1) is 17.3 Å². The Morgan fingerprint density at radius 3 is 2.48 bits per heavy atom. The molecule has 0 aliphatic carbocycles. The third-order valence-corrected chi connectivity index (χ3v) is 5.10. The van der Waals surface area contributed by atoms with Crippen molar-refractivity contribution in [2.45, 2.75) is 20.0 Å². The average Bonchev–Trinajstić information content (AvgIpc) is 2.78. The number of hydrogen-bond acceptors (Lipinski definition) is 4. The molecule has 0 spiro atoms. The Morgan fingerprint density at radius 2 is 1.81 bits per heavy atom. The van der Waals surface area contributed by atoms with Crippen molar-refractivity contribution in [1.29, 1.82) is 0 Å². The summed E-state index contributed by atoms with van der Waals surface area (Å²) in [5.74, 6) is 1.16. The van der Waals surface area contributed by atoms with Crippen molar-refractivity contribution in [2.24, 2.45) is 5.10 Å². The topological polar surface area (TPSA) is 59.9 Å². The van der Waals surface area contributed by atoms with E-state index in [2.05, 4.69) is 26.5 Å². The van der Waals surface area contributed by atoms with Crippen LogP contribution in [0.15, 0.2) is 76.3 Å². The summed E-state index contributed by atoms with van der Waals surface area (Å²) < 4.78 is 12.1. The van der Waals surface area contributed by atoms with Crippen LogP contribution >= 0.6 is 27.5 Å². The Kier molecular flexibility index (Phi) is 8.50. The molecule has 0 atom stereocenters. The lowest BCUT2D eigenvalue weighted by atomic mass is 10.2. The lowest BCUT2D eigenvalue weighted by Gasteiger charge is -2.09. The van der Waals surface area contributed by atoms with E-state index >= 15 is 0 Å². The number of hydrazone groups is 1. The third kappa shape index (κ3) is 7.12. The zero-order valence-corrected chi connectivity index (χ0v) is 19.3. The lowest BCUT2D eigenvalue weighted by molar-refractivity contribution is 0.0955. The fourth-order valence-electron chi connectivity index (χ4n) is 2.61. The second-order valence-corrected chi connectivity index (χ2v) is 7.97. The molecule has 0 saturated heterocycles. The number of carbonyl (C=O) groups is 1. The summed E-state index contributed by atoms with van der Waals surface area (Å²) in [5, 5.41) is 4.73. The fourth-order valence-corrected chi connectivity index (χ4v) is 3.25. The average molecular weight is 502 g/mol. The smallest absolute Gasteiger partial charge is 0.271 e. The van der Waals surface area contributed by atoms with Crippen LogP contribution in [0.4, 0.5) is 0 Å². The van der Waals surface area contributed by atoms with E-state index in [9.17, 15) is 4.79 Å². The Morgan fingerprint density at radius 1 is 1.06 bits per heavy atom. The molecule has 0 heterocycles. The number of amides is 1. The zero-order valence-electron chi connectivity index (χ0n) is 17.0. The van der Waals surface area contributed by atoms with E-state index in [1.165, 1.54) is 0 Å². The fraction of sp³-hybridized carbons (Fsp3) is 0.167. The van der Waals surface area contributed by atoms with Crippen molar-refractivity contribution in [3.8, 4) is 11.5 Å². The van der Waals surface area contributed by atoms with Gasteiger partial charge >= 0.3 is 0 Å². The number of nitrogens with zero attached hydrogens (tertiary/aromatic N) is 1. The van der Waals surface area contributed by atoms with Crippen molar-refractivity contribution in [3.63, 3.8) is 0 Å². The van der Waals surface area contributed by atoms with Gasteiger partial charge in [0.1, 0.15) is 18.1 Å². The van der Waals surface area contributed by atoms with Gasteiger partial charge < -0.3 is 9.47 Å². The first-order valence-corrected chi connectivity index (χ1v) is 11.0. The highest BCUT2D eigenvalue weighted by Crippen LogP contribution is 2.26. The third-order valence-electron chi connectivity index (χ3n) is 4.23. The zero-order chi connectivity index (χ0) is 22.1. The number of benzene rings is 3. The van der Waals surface area contributed by atoms with E-state index in [-0.39, 0.29) is 5.91 Å². The van der Waals surface area contributed by atoms with Gasteiger partial charge in [-0.25, -0.2) is 5.43 Å². The number of rotatable bonds is 9. The van der Waals surface area contributed by atoms with E-state index in [0.717, 1.165) is 27.8 Å². The van der Waals surface area contributed by atoms with Crippen LogP contribution in [-0.4, -0.2) is 18.7 Å². The minimum absolute atomic E-state index is 0.291. The van der Waals surface area contributed by atoms with E-state index < -0.39 is 0 Å². The summed E-state index contributed by atoms with van der Waals surface area (Å²) in [5.41, 5.74) is 4.87. The maximum atomic E-state index is 12.2. The molecule has 3 aromatic carbocycles. The van der Waals surface area contributed by atoms with E-state index in [4.69, 9.17) is 21.1 Å². The molecule has 3 rings (SSSR count). The standard InChI is InChI=1S/C24H22BrClN2O3/c1-2-13-30-21-10-6-19(7-11-21)24(29)28-27-15-18-5-12-23(22(25)14-18)31-16-17-3-8-20(26)9-4-17/h3-12,14-15H,2,13,16H2,1H3,(H,28,29)/b27-15-. The molecule has 160 valence electrons. The summed E-state index contributed by atoms with van der Waals surface area (Å²) in [6, 6.07) is 20.0. The predicted molar refractivity (Wildman–Crippen MR) is 127 cm³/mol. The first-order valence-electron chi connectivity index (χ1n) is 9.78. The maximum absolute atomic E-state index is 12.2. The quantitative estimate of drug-likeness (QED) is 0.279. The summed E-state index contributed by atoms with van der Waals surface area (Å²) in [6.45, 7) is 3.12. The van der Waals surface area contributed by atoms with Crippen molar-refractivity contribution in [2.75, 3.05) is 6.61 Å². The second-order valence-electron chi connectivity index (χ2n) is 6.68. The van der Waals surface area contributed by atoms with Gasteiger partial charge in [0.2, 0.25) is 0 Å². The van der Waals surface area contributed by atoms with E-state index in [0.29, 0.717) is 29.5 Å². The Bertz CT molecular complexity index is 1040. The van der Waals surface area contributed by atoms with Crippen LogP contribution < -0.4 is 14.9 Å². The highest BCUT2D eigenvalue weighted by Gasteiger charge is 2.05. The van der Waals surface area contributed by atoms with Crippen molar-refractivity contribution < 1.29 is 14.3 Å². The van der Waals surface area contributed by atoms with Crippen molar-refractivity contribution >= 4 is 39.7 Å². The molecule has 31 heavy (non-hydrogen) atoms. The summed E-state index contributed by atoms with van der Waals surface area (Å²) in [4.78, 5) is 12.2. The highest BCUT2D eigenvalue weighted by atomic mass is 79.9. The van der Waals surface area contributed by atoms with Gasteiger partial charge in [0.15, 0.2) is 0 Å². The maximum Gasteiger partial charge on any atom is 0.271 e. The van der Waals surface area contributed by atoms with Gasteiger partial charge in [-0.05, 0) is 88.1 Å². The molecule has 1 N–H and O–H groups in total. The van der Waals surface area contributed by atoms with Gasteiger partial charge in [-0.3, -0.25) is 4.79 Å². The number of carbonyl (C=O) groups excluding carboxylic acids is 1. The van der Waals surface area contributed by atoms with Crippen LogP contribution in [0, 0.1) is 0 Å². The van der Waals surface area contributed by atoms with E-state index in [1.54, 1.807) is 30.5 Å². The van der Waals surface area contributed by atoms with E-state index in [1.807, 2.05) is 49.4 Å². The van der Waals surface area contributed by atoms with Crippen LogP contribution in [0.1, 0.15) is 34.8 Å². The molecule has 1 amide bonds. The van der Waals surface area contributed by atoms with Gasteiger partial charge in [0, 0.05) is 10.6 Å². The Balaban J connectivity index is 1.52. The molecule has 0 unspecified atom stereocenters. The van der Waals surface area contributed by atoms with Crippen LogP contribution in [-0.2, 0) is 6.61 Å². The number of hydrogen-bond donors (Lipinski definition) is 1. The number of nitrogens with one attached hydrogen (secondary N) is 1. The summed E-state index contributed by atoms with van der Waals surface area (Å²) in [7, 11) is 0. The van der Waals surface area contributed by atoms with Crippen LogP contribution in [0.3, 0.4) is 0 Å². The molecular weight excluding hydrogens is 480 g/mol. The molecule has 0 saturated carbocycles. The van der Waals surface area contributed by atoms with Crippen LogP contribution in [0.2, 0.25) is 5.02 Å². The molecule has 0 aliphatic heterocycles. The SMILES string of the molecule is CCCOc1ccc(C(=O)N/N=C\c2ccc(OCc3ccc(Cl)cc3)c(Br)c2)cc1. The Labute approximate surface area is 195 Å². The minimum atomic E-state index is -0.291. The lowest BCUT2D eigenvalue weighted by Crippen LogP contribution is -2.17. The molecule has 0 bridgehead atoms. The van der Waals surface area contributed by atoms with Crippen molar-refractivity contribution in [3.05, 3.63) is 92.9 Å². The molecule has 5 nitrogen and oxygen atoms in total. The Hall–Kier alpha value is -2.83. The first kappa shape index (κ1) is 22.8. The minimum Gasteiger partial charge on any atom is -0.494 e. The molecule has 3 aromatic rings. The predicted octanol–water partition coefficient (Wildman–Crippen LogP) is 6.23.